The predicted octanol–water partition coefficient (Wildman–Crippen LogP) is 4.44. The van der Waals surface area contributed by atoms with E-state index in [2.05, 4.69) is 10.6 Å². The highest BCUT2D eigenvalue weighted by Gasteiger charge is 2.19. The molecular weight excluding hydrogens is 292 g/mol. The molecule has 2 N–H and O–H groups in total. The highest BCUT2D eigenvalue weighted by Crippen LogP contribution is 2.24. The zero-order chi connectivity index (χ0) is 15.8. The highest BCUT2D eigenvalue weighted by atomic mass is 32.2. The number of nitrogens with one attached hydrogen (secondary N) is 2. The smallest absolute Gasteiger partial charge is 0.241 e. The van der Waals surface area contributed by atoms with Crippen molar-refractivity contribution in [3.05, 3.63) is 24.3 Å². The van der Waals surface area contributed by atoms with Gasteiger partial charge in [-0.25, -0.2) is 0 Å². The monoisotopic (exact) mass is 320 g/mol. The summed E-state index contributed by atoms with van der Waals surface area (Å²) in [6, 6.07) is 8.29. The number of anilines is 1. The molecule has 1 atom stereocenters. The molecule has 122 valence electrons. The molecule has 0 spiro atoms. The van der Waals surface area contributed by atoms with Crippen LogP contribution in [0.1, 0.15) is 51.9 Å². The zero-order valence-corrected chi connectivity index (χ0v) is 14.5. The van der Waals surface area contributed by atoms with E-state index < -0.39 is 0 Å². The van der Waals surface area contributed by atoms with Crippen LogP contribution in [0.25, 0.3) is 0 Å². The van der Waals surface area contributed by atoms with Gasteiger partial charge in [0, 0.05) is 10.9 Å². The number of hydrogen-bond acceptors (Lipinski definition) is 3. The number of benzene rings is 1. The summed E-state index contributed by atoms with van der Waals surface area (Å²) in [7, 11) is 0. The van der Waals surface area contributed by atoms with E-state index in [0.29, 0.717) is 6.04 Å². The van der Waals surface area contributed by atoms with Crippen molar-refractivity contribution in [1.29, 1.82) is 0 Å². The normalized spacial score (nSPS) is 18.3. The summed E-state index contributed by atoms with van der Waals surface area (Å²) in [6.45, 7) is 1.97. The lowest BCUT2D eigenvalue weighted by atomic mass is 9.96. The molecule has 22 heavy (non-hydrogen) atoms. The highest BCUT2D eigenvalue weighted by molar-refractivity contribution is 7.98. The summed E-state index contributed by atoms with van der Waals surface area (Å²) in [5.41, 5.74) is 0.909. The quantitative estimate of drug-likeness (QED) is 0.788. The Balaban J connectivity index is 1.88. The van der Waals surface area contributed by atoms with Crippen LogP contribution in [-0.4, -0.2) is 24.2 Å². The Labute approximate surface area is 138 Å². The third-order valence-corrected chi connectivity index (χ3v) is 5.14. The van der Waals surface area contributed by atoms with Crippen molar-refractivity contribution in [2.45, 2.75) is 68.8 Å². The van der Waals surface area contributed by atoms with Gasteiger partial charge >= 0.3 is 0 Å². The first-order valence-corrected chi connectivity index (χ1v) is 9.63. The maximum absolute atomic E-state index is 12.4. The van der Waals surface area contributed by atoms with E-state index in [0.717, 1.165) is 10.6 Å². The number of amides is 1. The van der Waals surface area contributed by atoms with Crippen LogP contribution >= 0.6 is 11.8 Å². The molecule has 0 saturated heterocycles. The molecule has 1 amide bonds. The first-order valence-electron chi connectivity index (χ1n) is 8.40. The molecule has 0 unspecified atom stereocenters. The van der Waals surface area contributed by atoms with E-state index in [-0.39, 0.29) is 11.9 Å². The average Bonchev–Trinajstić information content (AvgIpc) is 2.50. The third kappa shape index (κ3) is 5.33. The Morgan fingerprint density at radius 2 is 1.77 bits per heavy atom. The lowest BCUT2D eigenvalue weighted by Gasteiger charge is -2.25. The predicted molar refractivity (Wildman–Crippen MR) is 95.6 cm³/mol. The number of rotatable bonds is 5. The third-order valence-electron chi connectivity index (χ3n) is 4.35. The maximum Gasteiger partial charge on any atom is 0.241 e. The van der Waals surface area contributed by atoms with Gasteiger partial charge in [-0.15, -0.1) is 11.8 Å². The fraction of sp³-hybridized carbons (Fsp3) is 0.611. The molecule has 1 fully saturated rings. The van der Waals surface area contributed by atoms with Gasteiger partial charge in [0.25, 0.3) is 0 Å². The largest absolute Gasteiger partial charge is 0.324 e. The standard InChI is InChI=1S/C18H28N2OS/c1-14(19-15-10-6-4-3-5-7-11-15)18(21)20-16-12-8-9-13-17(16)22-2/h8-9,12-15,19H,3-7,10-11H2,1-2H3,(H,20,21)/t14-/m1/s1. The van der Waals surface area contributed by atoms with Crippen LogP contribution < -0.4 is 10.6 Å². The molecule has 0 heterocycles. The van der Waals surface area contributed by atoms with Crippen molar-refractivity contribution in [1.82, 2.24) is 5.32 Å². The van der Waals surface area contributed by atoms with Gasteiger partial charge in [-0.2, -0.15) is 0 Å². The van der Waals surface area contributed by atoms with Gasteiger partial charge in [0.2, 0.25) is 5.91 Å². The summed E-state index contributed by atoms with van der Waals surface area (Å²) in [4.78, 5) is 13.5. The minimum atomic E-state index is -0.153. The second kappa shape index (κ2) is 9.21. The Morgan fingerprint density at radius 3 is 2.45 bits per heavy atom. The van der Waals surface area contributed by atoms with Gasteiger partial charge < -0.3 is 10.6 Å². The topological polar surface area (TPSA) is 41.1 Å². The molecule has 3 nitrogen and oxygen atoms in total. The SMILES string of the molecule is CSc1ccccc1NC(=O)[C@@H](C)NC1CCCCCCC1. The van der Waals surface area contributed by atoms with Gasteiger partial charge in [-0.1, -0.05) is 44.2 Å². The Hall–Kier alpha value is -1.00. The first kappa shape index (κ1) is 17.4. The van der Waals surface area contributed by atoms with Crippen LogP contribution in [0, 0.1) is 0 Å². The van der Waals surface area contributed by atoms with E-state index in [1.807, 2.05) is 37.4 Å². The van der Waals surface area contributed by atoms with E-state index in [9.17, 15) is 4.79 Å². The second-order valence-corrected chi connectivity index (χ2v) is 6.97. The number of carbonyl (C=O) groups excluding carboxylic acids is 1. The van der Waals surface area contributed by atoms with Crippen LogP contribution in [0.5, 0.6) is 0 Å². The van der Waals surface area contributed by atoms with Crippen LogP contribution in [0.4, 0.5) is 5.69 Å². The Morgan fingerprint density at radius 1 is 1.14 bits per heavy atom. The minimum Gasteiger partial charge on any atom is -0.324 e. The molecule has 1 saturated carbocycles. The number of carbonyl (C=O) groups is 1. The van der Waals surface area contributed by atoms with Crippen LogP contribution in [0.3, 0.4) is 0 Å². The van der Waals surface area contributed by atoms with Gasteiger partial charge in [0.15, 0.2) is 0 Å². The zero-order valence-electron chi connectivity index (χ0n) is 13.7. The second-order valence-electron chi connectivity index (χ2n) is 6.12. The minimum absolute atomic E-state index is 0.0589. The molecule has 0 aliphatic heterocycles. The molecule has 1 aliphatic rings. The van der Waals surface area contributed by atoms with Crippen LogP contribution in [-0.2, 0) is 4.79 Å². The molecule has 1 aromatic rings. The molecule has 1 aromatic carbocycles. The fourth-order valence-corrected chi connectivity index (χ4v) is 3.59. The molecule has 1 aliphatic carbocycles. The lowest BCUT2D eigenvalue weighted by molar-refractivity contribution is -0.118. The average molecular weight is 321 g/mol. The molecular formula is C18H28N2OS. The van der Waals surface area contributed by atoms with Crippen molar-refractivity contribution in [2.24, 2.45) is 0 Å². The number of para-hydroxylation sites is 1. The van der Waals surface area contributed by atoms with E-state index in [1.165, 1.54) is 44.9 Å². The van der Waals surface area contributed by atoms with Gasteiger partial charge in [-0.3, -0.25) is 4.79 Å². The summed E-state index contributed by atoms with van der Waals surface area (Å²) in [6.07, 6.45) is 11.0. The summed E-state index contributed by atoms with van der Waals surface area (Å²) < 4.78 is 0. The van der Waals surface area contributed by atoms with E-state index >= 15 is 0 Å². The van der Waals surface area contributed by atoms with Gasteiger partial charge in [0.1, 0.15) is 0 Å². The molecule has 2 rings (SSSR count). The van der Waals surface area contributed by atoms with Gasteiger partial charge in [0.05, 0.1) is 11.7 Å². The molecule has 0 aromatic heterocycles. The first-order chi connectivity index (χ1) is 10.7. The Kier molecular flexibility index (Phi) is 7.26. The van der Waals surface area contributed by atoms with Crippen molar-refractivity contribution in [3.8, 4) is 0 Å². The molecule has 4 heteroatoms. The van der Waals surface area contributed by atoms with E-state index in [4.69, 9.17) is 0 Å². The van der Waals surface area contributed by atoms with Crippen molar-refractivity contribution in [2.75, 3.05) is 11.6 Å². The molecule has 0 bridgehead atoms. The van der Waals surface area contributed by atoms with Crippen LogP contribution in [0.2, 0.25) is 0 Å². The number of thioether (sulfide) groups is 1. The Bertz CT molecular complexity index is 470. The maximum atomic E-state index is 12.4. The van der Waals surface area contributed by atoms with E-state index in [1.54, 1.807) is 11.8 Å². The summed E-state index contributed by atoms with van der Waals surface area (Å²) in [5.74, 6) is 0.0589. The lowest BCUT2D eigenvalue weighted by Crippen LogP contribution is -2.44. The summed E-state index contributed by atoms with van der Waals surface area (Å²) >= 11 is 1.65. The summed E-state index contributed by atoms with van der Waals surface area (Å²) in [5, 5.41) is 6.58. The van der Waals surface area contributed by atoms with Crippen molar-refractivity contribution < 1.29 is 4.79 Å². The van der Waals surface area contributed by atoms with Crippen molar-refractivity contribution in [3.63, 3.8) is 0 Å². The fourth-order valence-electron chi connectivity index (χ4n) is 3.04. The molecule has 0 radical (unpaired) electrons. The van der Waals surface area contributed by atoms with Gasteiger partial charge in [-0.05, 0) is 38.2 Å². The van der Waals surface area contributed by atoms with Crippen LogP contribution in [0.15, 0.2) is 29.2 Å². The number of hydrogen-bond donors (Lipinski definition) is 2. The van der Waals surface area contributed by atoms with Crippen molar-refractivity contribution >= 4 is 23.4 Å².